The maximum absolute atomic E-state index is 11.5. The highest BCUT2D eigenvalue weighted by Crippen LogP contribution is 2.52. The fourth-order valence-corrected chi connectivity index (χ4v) is 4.03. The third-order valence-electron chi connectivity index (χ3n) is 4.30. The number of primary amides is 1. The van der Waals surface area contributed by atoms with Crippen LogP contribution in [-0.2, 0) is 0 Å². The summed E-state index contributed by atoms with van der Waals surface area (Å²) in [4.78, 5) is 14.2. The van der Waals surface area contributed by atoms with Crippen molar-refractivity contribution >= 4 is 27.9 Å². The quantitative estimate of drug-likeness (QED) is 0.790. The molecule has 0 aromatic carbocycles. The number of nitrogens with two attached hydrogens (primary N) is 2. The third kappa shape index (κ3) is 2.38. The van der Waals surface area contributed by atoms with Gasteiger partial charge in [-0.15, -0.1) is 11.3 Å². The van der Waals surface area contributed by atoms with Gasteiger partial charge in [0, 0.05) is 18.7 Å². The Hall–Kier alpha value is -1.27. The van der Waals surface area contributed by atoms with Gasteiger partial charge in [0.15, 0.2) is 0 Å². The van der Waals surface area contributed by atoms with E-state index in [9.17, 15) is 9.90 Å². The Morgan fingerprint density at radius 1 is 1.40 bits per heavy atom. The lowest BCUT2D eigenvalue weighted by molar-refractivity contribution is 0.0352. The average molecular weight is 295 g/mol. The first-order chi connectivity index (χ1) is 9.39. The Bertz CT molecular complexity index is 539. The summed E-state index contributed by atoms with van der Waals surface area (Å²) in [5.74, 6) is 0.0430. The standard InChI is InChI=1S/C14H21N3O2S/c1-14(19)4-6-17(7-5-14)13-9(8-2-3-8)10(15)11(20-13)12(16)18/h8,19H,2-7,15H2,1H3,(H2,16,18). The highest BCUT2D eigenvalue weighted by Gasteiger charge is 2.36. The van der Waals surface area contributed by atoms with E-state index in [0.717, 1.165) is 49.3 Å². The van der Waals surface area contributed by atoms with Crippen LogP contribution < -0.4 is 16.4 Å². The van der Waals surface area contributed by atoms with Gasteiger partial charge in [-0.2, -0.15) is 0 Å². The Balaban J connectivity index is 1.93. The van der Waals surface area contributed by atoms with Crippen molar-refractivity contribution < 1.29 is 9.90 Å². The number of rotatable bonds is 3. The number of hydrogen-bond donors (Lipinski definition) is 3. The fraction of sp³-hybridized carbons (Fsp3) is 0.643. The van der Waals surface area contributed by atoms with E-state index in [0.29, 0.717) is 16.5 Å². The van der Waals surface area contributed by atoms with Gasteiger partial charge in [-0.3, -0.25) is 4.79 Å². The van der Waals surface area contributed by atoms with Crippen LogP contribution in [0.3, 0.4) is 0 Å². The molecule has 0 radical (unpaired) electrons. The van der Waals surface area contributed by atoms with E-state index in [1.54, 1.807) is 0 Å². The largest absolute Gasteiger partial charge is 0.397 e. The van der Waals surface area contributed by atoms with Gasteiger partial charge in [-0.1, -0.05) is 0 Å². The second-order valence-corrected chi connectivity index (χ2v) is 7.19. The second kappa shape index (κ2) is 4.63. The van der Waals surface area contributed by atoms with Crippen molar-refractivity contribution in [1.82, 2.24) is 0 Å². The fourth-order valence-electron chi connectivity index (χ4n) is 2.82. The lowest BCUT2D eigenvalue weighted by Crippen LogP contribution is -2.42. The second-order valence-electron chi connectivity index (χ2n) is 6.19. The van der Waals surface area contributed by atoms with Crippen LogP contribution in [0.5, 0.6) is 0 Å². The summed E-state index contributed by atoms with van der Waals surface area (Å²) in [5, 5.41) is 11.1. The van der Waals surface area contributed by atoms with Gasteiger partial charge in [0.2, 0.25) is 0 Å². The number of carbonyl (C=O) groups excluding carboxylic acids is 1. The predicted molar refractivity (Wildman–Crippen MR) is 81.3 cm³/mol. The van der Waals surface area contributed by atoms with Crippen molar-refractivity contribution in [1.29, 1.82) is 0 Å². The molecule has 5 nitrogen and oxygen atoms in total. The number of amides is 1. The minimum absolute atomic E-state index is 0.440. The van der Waals surface area contributed by atoms with Gasteiger partial charge in [-0.05, 0) is 38.5 Å². The molecular weight excluding hydrogens is 274 g/mol. The summed E-state index contributed by atoms with van der Waals surface area (Å²) < 4.78 is 0. The molecule has 6 heteroatoms. The number of anilines is 2. The normalized spacial score (nSPS) is 22.0. The number of carbonyl (C=O) groups is 1. The first kappa shape index (κ1) is 13.7. The molecule has 1 amide bonds. The average Bonchev–Trinajstić information content (AvgIpc) is 3.13. The number of nitrogen functional groups attached to an aromatic ring is 1. The predicted octanol–water partition coefficient (Wildman–Crippen LogP) is 1.66. The van der Waals surface area contributed by atoms with Crippen molar-refractivity contribution in [3.63, 3.8) is 0 Å². The number of aliphatic hydroxyl groups is 1. The zero-order chi connectivity index (χ0) is 14.5. The van der Waals surface area contributed by atoms with Crippen LogP contribution >= 0.6 is 11.3 Å². The van der Waals surface area contributed by atoms with Crippen LogP contribution in [-0.4, -0.2) is 29.7 Å². The molecule has 2 fully saturated rings. The molecular formula is C14H21N3O2S. The summed E-state index contributed by atoms with van der Waals surface area (Å²) in [7, 11) is 0. The maximum atomic E-state index is 11.5. The van der Waals surface area contributed by atoms with Crippen LogP contribution in [0.4, 0.5) is 10.7 Å². The van der Waals surface area contributed by atoms with E-state index in [1.165, 1.54) is 11.3 Å². The molecule has 20 heavy (non-hydrogen) atoms. The van der Waals surface area contributed by atoms with Crippen molar-refractivity contribution in [3.8, 4) is 0 Å². The molecule has 0 atom stereocenters. The first-order valence-electron chi connectivity index (χ1n) is 7.08. The molecule has 0 bridgehead atoms. The molecule has 5 N–H and O–H groups in total. The Morgan fingerprint density at radius 3 is 2.50 bits per heavy atom. The van der Waals surface area contributed by atoms with E-state index in [-0.39, 0.29) is 0 Å². The molecule has 2 aliphatic rings. The summed E-state index contributed by atoms with van der Waals surface area (Å²) in [6.07, 6.45) is 3.75. The van der Waals surface area contributed by atoms with Crippen LogP contribution in [0, 0.1) is 0 Å². The number of thiophene rings is 1. The number of hydrogen-bond acceptors (Lipinski definition) is 5. The summed E-state index contributed by atoms with van der Waals surface area (Å²) in [6.45, 7) is 3.47. The monoisotopic (exact) mass is 295 g/mol. The zero-order valence-corrected chi connectivity index (χ0v) is 12.5. The van der Waals surface area contributed by atoms with Gasteiger partial charge < -0.3 is 21.5 Å². The topological polar surface area (TPSA) is 92.6 Å². The van der Waals surface area contributed by atoms with Crippen molar-refractivity contribution in [2.24, 2.45) is 5.73 Å². The summed E-state index contributed by atoms with van der Waals surface area (Å²) in [5.41, 5.74) is 12.7. The van der Waals surface area contributed by atoms with E-state index >= 15 is 0 Å². The molecule has 1 aromatic heterocycles. The molecule has 2 heterocycles. The molecule has 0 unspecified atom stereocenters. The zero-order valence-electron chi connectivity index (χ0n) is 11.7. The molecule has 1 aromatic rings. The summed E-state index contributed by atoms with van der Waals surface area (Å²) >= 11 is 1.41. The molecule has 1 aliphatic heterocycles. The molecule has 1 saturated carbocycles. The van der Waals surface area contributed by atoms with E-state index in [1.807, 2.05) is 6.92 Å². The van der Waals surface area contributed by atoms with Crippen LogP contribution in [0.2, 0.25) is 0 Å². The lowest BCUT2D eigenvalue weighted by Gasteiger charge is -2.37. The number of piperidine rings is 1. The van der Waals surface area contributed by atoms with Gasteiger partial charge >= 0.3 is 0 Å². The molecule has 110 valence electrons. The van der Waals surface area contributed by atoms with Crippen molar-refractivity contribution in [2.75, 3.05) is 23.7 Å². The van der Waals surface area contributed by atoms with E-state index in [2.05, 4.69) is 4.90 Å². The highest BCUT2D eigenvalue weighted by molar-refractivity contribution is 7.18. The van der Waals surface area contributed by atoms with E-state index < -0.39 is 11.5 Å². The lowest BCUT2D eigenvalue weighted by atomic mass is 9.94. The van der Waals surface area contributed by atoms with Crippen LogP contribution in [0.1, 0.15) is 53.8 Å². The molecule has 3 rings (SSSR count). The highest BCUT2D eigenvalue weighted by atomic mass is 32.1. The smallest absolute Gasteiger partial charge is 0.260 e. The van der Waals surface area contributed by atoms with Crippen molar-refractivity contribution in [3.05, 3.63) is 10.4 Å². The SMILES string of the molecule is CC1(O)CCN(c2sc(C(N)=O)c(N)c2C2CC2)CC1. The Kier molecular flexibility index (Phi) is 3.17. The number of nitrogens with zero attached hydrogens (tertiary/aromatic N) is 1. The van der Waals surface area contributed by atoms with Gasteiger partial charge in [-0.25, -0.2) is 0 Å². The summed E-state index contributed by atoms with van der Waals surface area (Å²) in [6, 6.07) is 0. The molecule has 0 spiro atoms. The molecule has 1 aliphatic carbocycles. The minimum Gasteiger partial charge on any atom is -0.397 e. The Labute approximate surface area is 122 Å². The third-order valence-corrected chi connectivity index (χ3v) is 5.60. The Morgan fingerprint density at radius 2 is 2.00 bits per heavy atom. The van der Waals surface area contributed by atoms with E-state index in [4.69, 9.17) is 11.5 Å². The van der Waals surface area contributed by atoms with Gasteiger partial charge in [0.05, 0.1) is 16.3 Å². The van der Waals surface area contributed by atoms with Crippen LogP contribution in [0.25, 0.3) is 0 Å². The van der Waals surface area contributed by atoms with Crippen molar-refractivity contribution in [2.45, 2.75) is 44.1 Å². The van der Waals surface area contributed by atoms with Crippen LogP contribution in [0.15, 0.2) is 0 Å². The van der Waals surface area contributed by atoms with Gasteiger partial charge in [0.1, 0.15) is 4.88 Å². The maximum Gasteiger partial charge on any atom is 0.260 e. The molecule has 1 saturated heterocycles. The first-order valence-corrected chi connectivity index (χ1v) is 7.90. The minimum atomic E-state index is -0.578. The van der Waals surface area contributed by atoms with Gasteiger partial charge in [0.25, 0.3) is 5.91 Å².